The highest BCUT2D eigenvalue weighted by atomic mass is 35.5. The molecule has 0 radical (unpaired) electrons. The zero-order valence-electron chi connectivity index (χ0n) is 40.5. The highest BCUT2D eigenvalue weighted by molar-refractivity contribution is 7.92. The number of anilines is 2. The van der Waals surface area contributed by atoms with Gasteiger partial charge in [0, 0.05) is 88.7 Å². The Morgan fingerprint density at radius 2 is 1.65 bits per heavy atom. The van der Waals surface area contributed by atoms with E-state index < -0.39 is 50.4 Å². The average molecular weight is 1040 g/mol. The Bertz CT molecular complexity index is 3000. The molecule has 8 rings (SSSR count). The van der Waals surface area contributed by atoms with Crippen LogP contribution in [0.5, 0.6) is 0 Å². The molecule has 0 saturated carbocycles. The second-order valence-electron chi connectivity index (χ2n) is 19.5. The monoisotopic (exact) mass is 1040 g/mol. The molecule has 0 bridgehead atoms. The van der Waals surface area contributed by atoms with E-state index in [0.29, 0.717) is 52.9 Å². The van der Waals surface area contributed by atoms with Gasteiger partial charge in [0.05, 0.1) is 41.0 Å². The number of hydrogen-bond acceptors (Lipinski definition) is 10. The van der Waals surface area contributed by atoms with Crippen LogP contribution in [-0.2, 0) is 48.6 Å². The summed E-state index contributed by atoms with van der Waals surface area (Å²) < 4.78 is 28.6. The summed E-state index contributed by atoms with van der Waals surface area (Å²) in [5.41, 5.74) is 4.04. The van der Waals surface area contributed by atoms with Gasteiger partial charge in [-0.15, -0.1) is 0 Å². The van der Waals surface area contributed by atoms with Crippen LogP contribution in [0.4, 0.5) is 11.4 Å². The molecule has 1 unspecified atom stereocenters. The van der Waals surface area contributed by atoms with E-state index in [0.717, 1.165) is 28.1 Å². The first kappa shape index (κ1) is 51.8. The van der Waals surface area contributed by atoms with Crippen LogP contribution in [0.2, 0.25) is 10.0 Å². The predicted molar refractivity (Wildman–Crippen MR) is 275 cm³/mol. The van der Waals surface area contributed by atoms with Gasteiger partial charge in [0.2, 0.25) is 23.6 Å². The van der Waals surface area contributed by atoms with Crippen molar-refractivity contribution < 1.29 is 37.2 Å². The quantitative estimate of drug-likeness (QED) is 0.0497. The fraction of sp³-hybridized carbons (Fsp3) is 0.377. The number of benzene rings is 4. The summed E-state index contributed by atoms with van der Waals surface area (Å²) in [5.74, 6) is -2.72. The van der Waals surface area contributed by atoms with Gasteiger partial charge in [-0.25, -0.2) is 13.4 Å². The number of carbonyl (C=O) groups is 6. The zero-order valence-corrected chi connectivity index (χ0v) is 42.8. The molecule has 4 N–H and O–H groups in total. The highest BCUT2D eigenvalue weighted by Gasteiger charge is 2.52. The lowest BCUT2D eigenvalue weighted by atomic mass is 9.67. The van der Waals surface area contributed by atoms with Crippen molar-refractivity contribution in [2.75, 3.05) is 22.9 Å². The summed E-state index contributed by atoms with van der Waals surface area (Å²) in [6.45, 7) is 8.35. The largest absolute Gasteiger partial charge is 0.379 e. The fourth-order valence-corrected chi connectivity index (χ4v) is 11.6. The number of nitrogens with zero attached hydrogens (tertiary/aromatic N) is 4. The smallest absolute Gasteiger partial charge is 0.255 e. The van der Waals surface area contributed by atoms with Crippen molar-refractivity contribution in [2.24, 2.45) is 5.41 Å². The van der Waals surface area contributed by atoms with Gasteiger partial charge in [0.1, 0.15) is 6.04 Å². The molecule has 1 aromatic heterocycles. The van der Waals surface area contributed by atoms with E-state index >= 15 is 0 Å². The standard InChI is InChI=1S/C53H58Cl2N8O8S/c1-32(2)72(70,71)30-33(3)63-48(34-12-16-37(54)17-13-34)42(36-8-5-9-38(55)24-36)25-53(4,52(63)69)26-47(65)59-39-18-14-35(15-19-39)49(66)56-22-7-23-61-28-40(58-31-61)27-57-44-11-6-10-41-43(44)29-62(51(41)68)45-20-21-46(64)60-50(45)67/h5-6,8-19,24,28,31-33,42,45,48,57H,7,20-23,25-27,29-30H2,1-4H3,(H,56,66)(H,59,65)(H,60,64,67)/t33-,42+,45?,48+,53+/m0/s1. The van der Waals surface area contributed by atoms with Gasteiger partial charge >= 0.3 is 0 Å². The predicted octanol–water partition coefficient (Wildman–Crippen LogP) is 7.69. The Morgan fingerprint density at radius 1 is 0.917 bits per heavy atom. The third kappa shape index (κ3) is 11.5. The number of likely N-dealkylation sites (tertiary alicyclic amines) is 1. The van der Waals surface area contributed by atoms with E-state index in [1.807, 2.05) is 47.2 Å². The number of carbonyl (C=O) groups excluding carboxylic acids is 6. The van der Waals surface area contributed by atoms with Crippen LogP contribution >= 0.6 is 23.2 Å². The van der Waals surface area contributed by atoms with Gasteiger partial charge in [-0.2, -0.15) is 0 Å². The molecule has 16 nitrogen and oxygen atoms in total. The van der Waals surface area contributed by atoms with Gasteiger partial charge in [0.25, 0.3) is 11.8 Å². The Hall–Kier alpha value is -6.56. The topological polar surface area (TPSA) is 209 Å². The molecule has 0 aliphatic carbocycles. The fourth-order valence-electron chi connectivity index (χ4n) is 10.0. The van der Waals surface area contributed by atoms with Crippen molar-refractivity contribution in [1.82, 2.24) is 30.0 Å². The number of sulfone groups is 1. The number of piperidine rings is 2. The van der Waals surface area contributed by atoms with E-state index in [1.165, 1.54) is 4.90 Å². The van der Waals surface area contributed by atoms with Crippen molar-refractivity contribution in [3.8, 4) is 0 Å². The molecule has 4 aromatic carbocycles. The van der Waals surface area contributed by atoms with Gasteiger partial charge in [-0.3, -0.25) is 34.1 Å². The maximum atomic E-state index is 14.9. The lowest BCUT2D eigenvalue weighted by Crippen LogP contribution is -2.57. The summed E-state index contributed by atoms with van der Waals surface area (Å²) in [7, 11) is -3.59. The Balaban J connectivity index is 0.852. The second-order valence-corrected chi connectivity index (χ2v) is 22.9. The van der Waals surface area contributed by atoms with Crippen molar-refractivity contribution in [1.29, 1.82) is 0 Å². The Kier molecular flexibility index (Phi) is 15.6. The first-order valence-corrected chi connectivity index (χ1v) is 26.5. The van der Waals surface area contributed by atoms with Crippen LogP contribution in [0.3, 0.4) is 0 Å². The van der Waals surface area contributed by atoms with Crippen LogP contribution in [-0.4, -0.2) is 92.8 Å². The van der Waals surface area contributed by atoms with Crippen molar-refractivity contribution in [2.45, 2.75) is 109 Å². The molecule has 5 atom stereocenters. The second kappa shape index (κ2) is 21.7. The SMILES string of the molecule is CC(C)S(=O)(=O)C[C@H](C)N1C(=O)[C@@](C)(CC(=O)Nc2ccc(C(=O)NCCCn3cnc(CNc4cccc5c4CN(C4CCC(=O)NC4=O)C5=O)c3)cc2)C[C@H](c2cccc(Cl)c2)[C@H]1c1ccc(Cl)cc1. The van der Waals surface area contributed by atoms with Crippen molar-refractivity contribution >= 4 is 79.9 Å². The molecule has 4 heterocycles. The normalized spacial score (nSPS) is 20.6. The van der Waals surface area contributed by atoms with Crippen LogP contribution < -0.4 is 21.3 Å². The number of imidazole rings is 1. The number of aryl methyl sites for hydroxylation is 1. The first-order valence-electron chi connectivity index (χ1n) is 24.0. The number of rotatable bonds is 18. The summed E-state index contributed by atoms with van der Waals surface area (Å²) in [6.07, 6.45) is 4.78. The molecule has 3 aliphatic heterocycles. The van der Waals surface area contributed by atoms with E-state index in [1.54, 1.807) is 93.5 Å². The lowest BCUT2D eigenvalue weighted by molar-refractivity contribution is -0.155. The number of imide groups is 1. The first-order chi connectivity index (χ1) is 34.3. The molecule has 6 amide bonds. The number of hydrogen-bond donors (Lipinski definition) is 4. The molecular weight excluding hydrogens is 980 g/mol. The maximum Gasteiger partial charge on any atom is 0.255 e. The van der Waals surface area contributed by atoms with E-state index in [9.17, 15) is 37.2 Å². The molecule has 2 saturated heterocycles. The molecule has 378 valence electrons. The maximum absolute atomic E-state index is 14.9. The minimum atomic E-state index is -3.59. The van der Waals surface area contributed by atoms with Gasteiger partial charge in [-0.1, -0.05) is 60.5 Å². The number of nitrogens with one attached hydrogen (secondary N) is 4. The lowest BCUT2D eigenvalue weighted by Gasteiger charge is -2.51. The van der Waals surface area contributed by atoms with Gasteiger partial charge in [0.15, 0.2) is 9.84 Å². The van der Waals surface area contributed by atoms with E-state index in [2.05, 4.69) is 26.3 Å². The Labute approximate surface area is 429 Å². The Morgan fingerprint density at radius 3 is 2.36 bits per heavy atom. The molecule has 19 heteroatoms. The van der Waals surface area contributed by atoms with Crippen molar-refractivity contribution in [3.05, 3.63) is 147 Å². The zero-order chi connectivity index (χ0) is 51.5. The summed E-state index contributed by atoms with van der Waals surface area (Å²) in [5, 5.41) is 11.9. The molecule has 3 aliphatic rings. The van der Waals surface area contributed by atoms with Gasteiger partial charge < -0.3 is 30.3 Å². The van der Waals surface area contributed by atoms with Gasteiger partial charge in [-0.05, 0) is 112 Å². The third-order valence-corrected chi connectivity index (χ3v) is 16.7. The van der Waals surface area contributed by atoms with Crippen LogP contribution in [0.15, 0.2) is 104 Å². The van der Waals surface area contributed by atoms with Crippen LogP contribution in [0.1, 0.15) is 115 Å². The minimum Gasteiger partial charge on any atom is -0.379 e. The molecule has 2 fully saturated rings. The van der Waals surface area contributed by atoms with Crippen molar-refractivity contribution in [3.63, 3.8) is 0 Å². The highest BCUT2D eigenvalue weighted by Crippen LogP contribution is 2.52. The molecule has 0 spiro atoms. The average Bonchev–Trinajstić information content (AvgIpc) is 3.94. The minimum absolute atomic E-state index is 0.184. The summed E-state index contributed by atoms with van der Waals surface area (Å²) in [6, 6.07) is 24.4. The van der Waals surface area contributed by atoms with E-state index in [-0.39, 0.29) is 67.5 Å². The molecule has 72 heavy (non-hydrogen) atoms. The summed E-state index contributed by atoms with van der Waals surface area (Å²) in [4.78, 5) is 87.1. The molecule has 5 aromatic rings. The van der Waals surface area contributed by atoms with Crippen LogP contribution in [0.25, 0.3) is 0 Å². The third-order valence-electron chi connectivity index (χ3n) is 13.8. The number of fused-ring (bicyclic) bond motifs is 1. The van der Waals surface area contributed by atoms with E-state index in [4.69, 9.17) is 23.2 Å². The number of halogens is 2. The van der Waals surface area contributed by atoms with Crippen LogP contribution in [0, 0.1) is 5.41 Å². The number of amides is 6. The summed E-state index contributed by atoms with van der Waals surface area (Å²) >= 11 is 12.8. The molecular formula is C53H58Cl2N8O8S. The number of aromatic nitrogens is 2.